The highest BCUT2D eigenvalue weighted by Gasteiger charge is 2.25. The molecule has 0 aliphatic rings. The molecule has 0 amide bonds. The van der Waals surface area contributed by atoms with Crippen LogP contribution in [-0.2, 0) is 39.9 Å². The minimum absolute atomic E-state index is 0.0241. The predicted octanol–water partition coefficient (Wildman–Crippen LogP) is 4.40. The number of ether oxygens (including phenoxy) is 2. The van der Waals surface area contributed by atoms with Crippen molar-refractivity contribution in [1.29, 1.82) is 0 Å². The van der Waals surface area contributed by atoms with Gasteiger partial charge in [0.25, 0.3) is 20.2 Å². The second-order valence-corrected chi connectivity index (χ2v) is 11.4. The Balaban J connectivity index is 1.67. The van der Waals surface area contributed by atoms with Gasteiger partial charge in [-0.2, -0.15) is 16.8 Å². The normalized spacial score (nSPS) is 12.9. The Labute approximate surface area is 213 Å². The van der Waals surface area contributed by atoms with Gasteiger partial charge in [-0.15, -0.1) is 0 Å². The summed E-state index contributed by atoms with van der Waals surface area (Å²) in [6, 6.07) is 19.7. The van der Waals surface area contributed by atoms with Crippen LogP contribution < -0.4 is 4.74 Å². The SMILES string of the molecule is COc1ccc(COCC[C@H](COS(=O)(=O)c2ccc(C)cc2)OS(=O)(=O)c2ccc(C)cc2)cc1. The maximum atomic E-state index is 12.8. The third-order valence-electron chi connectivity index (χ3n) is 5.30. The maximum Gasteiger partial charge on any atom is 0.297 e. The van der Waals surface area contributed by atoms with Crippen LogP contribution in [0.2, 0.25) is 0 Å². The molecule has 3 aromatic rings. The smallest absolute Gasteiger partial charge is 0.297 e. The molecule has 0 aromatic heterocycles. The third kappa shape index (κ3) is 8.14. The number of aryl methyl sites for hydroxylation is 2. The molecule has 8 nitrogen and oxygen atoms in total. The number of hydrogen-bond donors (Lipinski definition) is 0. The molecule has 0 aliphatic heterocycles. The van der Waals surface area contributed by atoms with E-state index in [9.17, 15) is 16.8 Å². The Morgan fingerprint density at radius 2 is 1.25 bits per heavy atom. The van der Waals surface area contributed by atoms with Crippen LogP contribution in [-0.4, -0.2) is 43.3 Å². The first-order valence-corrected chi connectivity index (χ1v) is 14.1. The number of hydrogen-bond acceptors (Lipinski definition) is 8. The number of benzene rings is 3. The van der Waals surface area contributed by atoms with Crippen molar-refractivity contribution in [3.63, 3.8) is 0 Å². The van der Waals surface area contributed by atoms with Crippen molar-refractivity contribution in [2.75, 3.05) is 20.3 Å². The lowest BCUT2D eigenvalue weighted by atomic mass is 10.2. The molecule has 0 spiro atoms. The van der Waals surface area contributed by atoms with Gasteiger partial charge >= 0.3 is 0 Å². The lowest BCUT2D eigenvalue weighted by Gasteiger charge is -2.18. The molecule has 3 aromatic carbocycles. The summed E-state index contributed by atoms with van der Waals surface area (Å²) in [5, 5.41) is 0. The zero-order valence-electron chi connectivity index (χ0n) is 20.4. The largest absolute Gasteiger partial charge is 0.497 e. The lowest BCUT2D eigenvalue weighted by Crippen LogP contribution is -2.27. The van der Waals surface area contributed by atoms with E-state index in [1.54, 1.807) is 31.4 Å². The van der Waals surface area contributed by atoms with E-state index in [-0.39, 0.29) is 29.4 Å². The van der Waals surface area contributed by atoms with Gasteiger partial charge < -0.3 is 9.47 Å². The van der Waals surface area contributed by atoms with Gasteiger partial charge in [0.2, 0.25) is 0 Å². The molecule has 10 heteroatoms. The quantitative estimate of drug-likeness (QED) is 0.235. The fraction of sp³-hybridized carbons (Fsp3) is 0.308. The summed E-state index contributed by atoms with van der Waals surface area (Å²) in [7, 11) is -6.68. The van der Waals surface area contributed by atoms with Crippen molar-refractivity contribution >= 4 is 20.2 Å². The Hall–Kier alpha value is -2.76. The van der Waals surface area contributed by atoms with Gasteiger partial charge in [0.15, 0.2) is 0 Å². The second-order valence-electron chi connectivity index (χ2n) is 8.23. The van der Waals surface area contributed by atoms with Crippen LogP contribution in [0.3, 0.4) is 0 Å². The van der Waals surface area contributed by atoms with E-state index >= 15 is 0 Å². The van der Waals surface area contributed by atoms with Gasteiger partial charge in [-0.25, -0.2) is 0 Å². The fourth-order valence-corrected chi connectivity index (χ4v) is 5.19. The predicted molar refractivity (Wildman–Crippen MR) is 135 cm³/mol. The van der Waals surface area contributed by atoms with Crippen LogP contribution in [0.15, 0.2) is 82.6 Å². The van der Waals surface area contributed by atoms with E-state index in [1.807, 2.05) is 38.1 Å². The molecule has 3 rings (SSSR count). The second kappa shape index (κ2) is 12.5. The molecule has 0 aliphatic carbocycles. The molecule has 0 unspecified atom stereocenters. The van der Waals surface area contributed by atoms with Gasteiger partial charge in [0.1, 0.15) is 11.9 Å². The average molecular weight is 535 g/mol. The maximum absolute atomic E-state index is 12.8. The van der Waals surface area contributed by atoms with Gasteiger partial charge in [0.05, 0.1) is 30.1 Å². The zero-order valence-corrected chi connectivity index (χ0v) is 22.0. The van der Waals surface area contributed by atoms with Crippen molar-refractivity contribution in [2.24, 2.45) is 0 Å². The fourth-order valence-electron chi connectivity index (χ4n) is 3.16. The Kier molecular flexibility index (Phi) is 9.63. The molecular formula is C26H30O8S2. The first-order chi connectivity index (χ1) is 17.1. The van der Waals surface area contributed by atoms with Gasteiger partial charge in [0, 0.05) is 13.0 Å². The molecule has 0 saturated carbocycles. The van der Waals surface area contributed by atoms with Crippen LogP contribution in [0.5, 0.6) is 5.75 Å². The molecule has 0 saturated heterocycles. The first-order valence-electron chi connectivity index (χ1n) is 11.3. The van der Waals surface area contributed by atoms with E-state index < -0.39 is 32.9 Å². The lowest BCUT2D eigenvalue weighted by molar-refractivity contribution is 0.0658. The molecule has 0 heterocycles. The van der Waals surface area contributed by atoms with Gasteiger partial charge in [-0.3, -0.25) is 8.37 Å². The highest BCUT2D eigenvalue weighted by Crippen LogP contribution is 2.20. The molecule has 0 bridgehead atoms. The minimum Gasteiger partial charge on any atom is -0.497 e. The molecule has 1 atom stereocenters. The monoisotopic (exact) mass is 534 g/mol. The van der Waals surface area contributed by atoms with Crippen LogP contribution in [0.25, 0.3) is 0 Å². The van der Waals surface area contributed by atoms with Crippen molar-refractivity contribution in [3.05, 3.63) is 89.5 Å². The highest BCUT2D eigenvalue weighted by molar-refractivity contribution is 7.87. The summed E-state index contributed by atoms with van der Waals surface area (Å²) < 4.78 is 72.2. The van der Waals surface area contributed by atoms with E-state index in [2.05, 4.69) is 0 Å². The molecular weight excluding hydrogens is 504 g/mol. The van der Waals surface area contributed by atoms with Crippen LogP contribution in [0.4, 0.5) is 0 Å². The van der Waals surface area contributed by atoms with Crippen LogP contribution in [0.1, 0.15) is 23.1 Å². The summed E-state index contributed by atoms with van der Waals surface area (Å²) in [6.45, 7) is 3.58. The summed E-state index contributed by atoms with van der Waals surface area (Å²) in [5.74, 6) is 0.723. The Bertz CT molecular complexity index is 1320. The highest BCUT2D eigenvalue weighted by atomic mass is 32.2. The van der Waals surface area contributed by atoms with Crippen LogP contribution >= 0.6 is 0 Å². The number of rotatable bonds is 13. The molecule has 0 N–H and O–H groups in total. The van der Waals surface area contributed by atoms with E-state index in [1.165, 1.54) is 24.3 Å². The number of methoxy groups -OCH3 is 1. The third-order valence-corrected chi connectivity index (χ3v) is 7.97. The molecule has 0 fully saturated rings. The topological polar surface area (TPSA) is 105 Å². The van der Waals surface area contributed by atoms with Crippen molar-refractivity contribution in [1.82, 2.24) is 0 Å². The van der Waals surface area contributed by atoms with Gasteiger partial charge in [-0.1, -0.05) is 47.5 Å². The standard InChI is InChI=1S/C26H30O8S2/c1-20-4-12-25(13-5-20)35(27,28)33-19-24(34-36(29,30)26-14-6-21(2)7-15-26)16-17-32-18-22-8-10-23(31-3)11-9-22/h4-15,24H,16-19H2,1-3H3/t24-/m1/s1. The zero-order chi connectivity index (χ0) is 26.2. The molecule has 36 heavy (non-hydrogen) atoms. The Morgan fingerprint density at radius 3 is 1.78 bits per heavy atom. The van der Waals surface area contributed by atoms with Crippen molar-refractivity contribution in [3.8, 4) is 5.75 Å². The van der Waals surface area contributed by atoms with E-state index in [4.69, 9.17) is 17.8 Å². The van der Waals surface area contributed by atoms with Crippen molar-refractivity contribution in [2.45, 2.75) is 42.8 Å². The van der Waals surface area contributed by atoms with E-state index in [0.29, 0.717) is 0 Å². The van der Waals surface area contributed by atoms with E-state index in [0.717, 1.165) is 22.4 Å². The molecule has 0 radical (unpaired) electrons. The summed E-state index contributed by atoms with van der Waals surface area (Å²) in [5.41, 5.74) is 2.69. The minimum atomic E-state index is -4.16. The van der Waals surface area contributed by atoms with Gasteiger partial charge in [-0.05, 0) is 55.8 Å². The first kappa shape index (κ1) is 27.8. The summed E-state index contributed by atoms with van der Waals surface area (Å²) in [4.78, 5) is -0.0531. The Morgan fingerprint density at radius 1 is 0.722 bits per heavy atom. The summed E-state index contributed by atoms with van der Waals surface area (Å²) >= 11 is 0. The van der Waals surface area contributed by atoms with Crippen LogP contribution in [0, 0.1) is 13.8 Å². The summed E-state index contributed by atoms with van der Waals surface area (Å²) in [6.07, 6.45) is -1.00. The average Bonchev–Trinajstić information content (AvgIpc) is 2.86. The molecule has 194 valence electrons. The van der Waals surface area contributed by atoms with Crippen molar-refractivity contribution < 1.29 is 34.7 Å².